The molecule has 11 heteroatoms. The van der Waals surface area contributed by atoms with E-state index in [9.17, 15) is 4.79 Å². The number of methoxy groups -OCH3 is 1. The zero-order valence-corrected chi connectivity index (χ0v) is 35.4. The van der Waals surface area contributed by atoms with Gasteiger partial charge in [0.2, 0.25) is 0 Å². The van der Waals surface area contributed by atoms with Gasteiger partial charge in [-0.05, 0) is 109 Å². The summed E-state index contributed by atoms with van der Waals surface area (Å²) in [6.07, 6.45) is 12.7. The number of alkyl halides is 1. The van der Waals surface area contributed by atoms with Gasteiger partial charge in [-0.15, -0.1) is 0 Å². The van der Waals surface area contributed by atoms with Crippen LogP contribution in [0.1, 0.15) is 103 Å². The molecule has 298 valence electrons. The molecule has 3 aliphatic carbocycles. The van der Waals surface area contributed by atoms with E-state index in [0.717, 1.165) is 24.0 Å². The van der Waals surface area contributed by atoms with Crippen LogP contribution in [0.5, 0.6) is 17.2 Å². The van der Waals surface area contributed by atoms with Gasteiger partial charge >= 0.3 is 5.97 Å². The van der Waals surface area contributed by atoms with Gasteiger partial charge in [-0.25, -0.2) is 4.79 Å². The summed E-state index contributed by atoms with van der Waals surface area (Å²) in [4.78, 5) is 46.3. The quantitative estimate of drug-likeness (QED) is 0.0952. The van der Waals surface area contributed by atoms with Gasteiger partial charge in [0.1, 0.15) is 33.9 Å². The van der Waals surface area contributed by atoms with Gasteiger partial charge in [-0.1, -0.05) is 29.4 Å². The first-order valence-electron chi connectivity index (χ1n) is 19.7. The third kappa shape index (κ3) is 6.26. The Labute approximate surface area is 333 Å². The second-order valence-electron chi connectivity index (χ2n) is 17.3. The summed E-state index contributed by atoms with van der Waals surface area (Å²) >= 11 is 3.50. The van der Waals surface area contributed by atoms with Gasteiger partial charge in [-0.3, -0.25) is 14.5 Å². The number of hydrogen-bond acceptors (Lipinski definition) is 10. The molecule has 0 N–H and O–H groups in total. The summed E-state index contributed by atoms with van der Waals surface area (Å²) in [7, 11) is 1.34. The van der Waals surface area contributed by atoms with E-state index < -0.39 is 46.3 Å². The Bertz CT molecular complexity index is 1900. The molecule has 7 unspecified atom stereocenters. The van der Waals surface area contributed by atoms with E-state index in [1.807, 2.05) is 33.8 Å². The molecule has 3 saturated carbocycles. The van der Waals surface area contributed by atoms with Gasteiger partial charge in [-0.2, -0.15) is 0 Å². The molecule has 10 nitrogen and oxygen atoms in total. The number of allylic oxidation sites excluding steroid dienone is 4. The number of hydrogen-bond donors (Lipinski definition) is 0. The van der Waals surface area contributed by atoms with E-state index in [4.69, 9.17) is 28.4 Å². The number of carbonyl (C=O) groups is 3. The van der Waals surface area contributed by atoms with Crippen molar-refractivity contribution in [2.45, 2.75) is 116 Å². The Kier molecular flexibility index (Phi) is 10.6. The maximum Gasteiger partial charge on any atom is 0.333 e. The monoisotopic (exact) mass is 821 g/mol. The Hall–Kier alpha value is -3.25. The van der Waals surface area contributed by atoms with Gasteiger partial charge in [0.25, 0.3) is 0 Å². The van der Waals surface area contributed by atoms with E-state index in [-0.39, 0.29) is 29.4 Å². The zero-order valence-electron chi connectivity index (χ0n) is 33.8. The predicted molar refractivity (Wildman–Crippen MR) is 213 cm³/mol. The zero-order chi connectivity index (χ0) is 39.7. The number of ether oxygens (including phenoxy) is 6. The number of rotatable bonds is 11. The van der Waals surface area contributed by atoms with Crippen molar-refractivity contribution in [1.82, 2.24) is 4.90 Å². The van der Waals surface area contributed by atoms with Gasteiger partial charge in [0.15, 0.2) is 22.8 Å². The minimum absolute atomic E-state index is 0.0544. The smallest absolute Gasteiger partial charge is 0.333 e. The Morgan fingerprint density at radius 3 is 2.36 bits per heavy atom. The Balaban J connectivity index is 1.51. The molecule has 0 amide bonds. The first kappa shape index (κ1) is 40.0. The Morgan fingerprint density at radius 1 is 1.00 bits per heavy atom. The van der Waals surface area contributed by atoms with Crippen LogP contribution in [-0.2, 0) is 30.2 Å². The molecule has 7 aliphatic rings. The van der Waals surface area contributed by atoms with Gasteiger partial charge < -0.3 is 28.4 Å². The number of nitrogens with zero attached hydrogens (tertiary/aromatic N) is 1. The van der Waals surface area contributed by atoms with Crippen LogP contribution < -0.4 is 14.2 Å². The topological polar surface area (TPSA) is 110 Å². The fourth-order valence-corrected chi connectivity index (χ4v) is 10.7. The number of morpholine rings is 1. The number of esters is 1. The molecule has 4 bridgehead atoms. The summed E-state index contributed by atoms with van der Waals surface area (Å²) in [5.74, 6) is -0.891. The molecule has 1 spiro atoms. The second-order valence-corrected chi connectivity index (χ2v) is 17.8. The van der Waals surface area contributed by atoms with Crippen LogP contribution in [0.2, 0.25) is 0 Å². The molecule has 1 aromatic carbocycles. The third-order valence-corrected chi connectivity index (χ3v) is 13.1. The average Bonchev–Trinajstić information content (AvgIpc) is 3.28. The van der Waals surface area contributed by atoms with Gasteiger partial charge in [0.05, 0.1) is 37.4 Å². The van der Waals surface area contributed by atoms with Crippen molar-refractivity contribution >= 4 is 39.5 Å². The number of ketones is 2. The molecule has 5 fully saturated rings. The first-order chi connectivity index (χ1) is 26.1. The number of halogens is 1. The van der Waals surface area contributed by atoms with Crippen molar-refractivity contribution < 1.29 is 42.8 Å². The summed E-state index contributed by atoms with van der Waals surface area (Å²) < 4.78 is 39.1. The van der Waals surface area contributed by atoms with E-state index in [1.54, 1.807) is 13.0 Å². The van der Waals surface area contributed by atoms with Crippen LogP contribution in [0.4, 0.5) is 0 Å². The standard InChI is InChI=1S/C44H56BrNO9/c1-25(2)11-10-16-42(8)17-15-29-36(53-42)28(13-12-26(3)4)38-32(37(29)52-24-45)35(47)33-34(46-19-21-51-22-20-46)30-23-31-41(6,7)55-43(39(30)48,44(31,33)54-38)18-14-27(5)40(49)50-9/h11-12,14-15,17,30-31,33-34H,10,13,16,18-24H2,1-9H3/b27-14-. The molecule has 2 saturated heterocycles. The molecule has 1 aromatic rings. The van der Waals surface area contributed by atoms with Crippen LogP contribution in [-0.4, -0.2) is 89.8 Å². The second kappa shape index (κ2) is 14.6. The van der Waals surface area contributed by atoms with Gasteiger partial charge in [0, 0.05) is 48.5 Å². The van der Waals surface area contributed by atoms with Crippen LogP contribution in [0, 0.1) is 17.8 Å². The van der Waals surface area contributed by atoms with Crippen LogP contribution >= 0.6 is 15.9 Å². The normalized spacial score (nSPS) is 32.8. The van der Waals surface area contributed by atoms with E-state index in [0.29, 0.717) is 73.1 Å². The number of Topliss-reactive ketones (excluding diaryl/α,β-unsaturated/α-hetero) is 2. The minimum Gasteiger partial charge on any atom is -0.482 e. The summed E-state index contributed by atoms with van der Waals surface area (Å²) in [6, 6.07) is -0.441. The number of carbonyl (C=O) groups excluding carboxylic acids is 3. The number of fused-ring (bicyclic) bond motifs is 2. The highest BCUT2D eigenvalue weighted by Crippen LogP contribution is 2.71. The highest BCUT2D eigenvalue weighted by molar-refractivity contribution is 9.09. The minimum atomic E-state index is -1.56. The fourth-order valence-electron chi connectivity index (χ4n) is 10.5. The third-order valence-electron chi connectivity index (χ3n) is 12.9. The first-order valence-corrected chi connectivity index (χ1v) is 20.8. The maximum absolute atomic E-state index is 16.0. The summed E-state index contributed by atoms with van der Waals surface area (Å²) in [5.41, 5.74) is 0.223. The van der Waals surface area contributed by atoms with Crippen molar-refractivity contribution in [1.29, 1.82) is 0 Å². The van der Waals surface area contributed by atoms with E-state index in [1.165, 1.54) is 12.7 Å². The molecule has 0 radical (unpaired) electrons. The summed E-state index contributed by atoms with van der Waals surface area (Å²) in [6.45, 7) is 18.2. The lowest BCUT2D eigenvalue weighted by Gasteiger charge is -2.64. The predicted octanol–water partition coefficient (Wildman–Crippen LogP) is 7.74. The van der Waals surface area contributed by atoms with Crippen molar-refractivity contribution in [3.05, 3.63) is 57.7 Å². The fraction of sp³-hybridized carbons (Fsp3) is 0.614. The van der Waals surface area contributed by atoms with Crippen LogP contribution in [0.15, 0.2) is 41.0 Å². The molecular formula is C44H56BrNO9. The Morgan fingerprint density at radius 2 is 1.71 bits per heavy atom. The van der Waals surface area contributed by atoms with E-state index >= 15 is 9.59 Å². The maximum atomic E-state index is 16.0. The molecule has 4 aliphatic heterocycles. The van der Waals surface area contributed by atoms with Crippen molar-refractivity contribution in [2.75, 3.05) is 38.9 Å². The summed E-state index contributed by atoms with van der Waals surface area (Å²) in [5, 5.41) is 0. The highest BCUT2D eigenvalue weighted by atomic mass is 79.9. The largest absolute Gasteiger partial charge is 0.482 e. The molecule has 55 heavy (non-hydrogen) atoms. The SMILES string of the molecule is COC(=O)/C(C)=C\CC12OC(C)(C)C3CC(C1=O)C(N1CCOCC1)C1C(=O)c4c(OCBr)c5c(c(CC=C(C)C)c4OC132)OC(C)(CCC=C(C)C)C=C5. The number of benzene rings is 1. The van der Waals surface area contributed by atoms with E-state index in [2.05, 4.69) is 59.8 Å². The molecule has 4 heterocycles. The lowest BCUT2D eigenvalue weighted by Crippen LogP contribution is -2.82. The van der Waals surface area contributed by atoms with Crippen LogP contribution in [0.3, 0.4) is 0 Å². The molecular weight excluding hydrogens is 766 g/mol. The highest BCUT2D eigenvalue weighted by Gasteiger charge is 2.86. The molecule has 7 atom stereocenters. The van der Waals surface area contributed by atoms with Crippen molar-refractivity contribution in [2.24, 2.45) is 17.8 Å². The lowest BCUT2D eigenvalue weighted by atomic mass is 9.44. The van der Waals surface area contributed by atoms with Crippen molar-refractivity contribution in [3.63, 3.8) is 0 Å². The molecule has 8 rings (SSSR count). The van der Waals surface area contributed by atoms with Crippen LogP contribution in [0.25, 0.3) is 6.08 Å². The average molecular weight is 823 g/mol. The van der Waals surface area contributed by atoms with Crippen molar-refractivity contribution in [3.8, 4) is 17.2 Å². The molecule has 0 aromatic heterocycles. The lowest BCUT2D eigenvalue weighted by molar-refractivity contribution is -0.216.